The molecule has 6 nitrogen and oxygen atoms in total. The monoisotopic (exact) mass is 298 g/mol. The van der Waals surface area contributed by atoms with Crippen LogP contribution >= 0.6 is 0 Å². The molecule has 20 heavy (non-hydrogen) atoms. The second-order valence-corrected chi connectivity index (χ2v) is 6.71. The number of ether oxygens (including phenoxy) is 2. The van der Waals surface area contributed by atoms with Gasteiger partial charge < -0.3 is 9.47 Å². The van der Waals surface area contributed by atoms with Gasteiger partial charge in [0.15, 0.2) is 5.79 Å². The molecule has 0 spiro atoms. The number of nitrogens with zero attached hydrogens (tertiary/aromatic N) is 1. The van der Waals surface area contributed by atoms with Gasteiger partial charge in [-0.25, -0.2) is 4.83 Å². The summed E-state index contributed by atoms with van der Waals surface area (Å²) in [6.45, 7) is 5.82. The van der Waals surface area contributed by atoms with Gasteiger partial charge in [0.1, 0.15) is 6.10 Å². The number of rotatable bonds is 4. The first-order chi connectivity index (χ1) is 9.28. The molecule has 0 saturated carbocycles. The number of hydrogen-bond acceptors (Lipinski definition) is 5. The van der Waals surface area contributed by atoms with E-state index in [0.717, 1.165) is 5.56 Å². The van der Waals surface area contributed by atoms with E-state index in [9.17, 15) is 8.42 Å². The van der Waals surface area contributed by atoms with Gasteiger partial charge in [-0.2, -0.15) is 13.5 Å². The summed E-state index contributed by atoms with van der Waals surface area (Å²) in [6, 6.07) is 6.53. The molecule has 0 bridgehead atoms. The Labute approximate surface area is 118 Å². The Hall–Kier alpha value is -1.44. The van der Waals surface area contributed by atoms with E-state index in [2.05, 4.69) is 9.93 Å². The minimum atomic E-state index is -3.64. The molecule has 0 aliphatic carbocycles. The second kappa shape index (κ2) is 5.51. The van der Waals surface area contributed by atoms with Crippen molar-refractivity contribution in [2.45, 2.75) is 37.6 Å². The zero-order chi connectivity index (χ0) is 14.8. The Balaban J connectivity index is 1.98. The molecule has 1 heterocycles. The topological polar surface area (TPSA) is 77.0 Å². The maximum absolute atomic E-state index is 11.9. The molecular weight excluding hydrogens is 280 g/mol. The van der Waals surface area contributed by atoms with Gasteiger partial charge in [0.25, 0.3) is 10.0 Å². The number of hydrazone groups is 1. The van der Waals surface area contributed by atoms with Crippen molar-refractivity contribution in [1.82, 2.24) is 4.83 Å². The highest BCUT2D eigenvalue weighted by atomic mass is 32.2. The first kappa shape index (κ1) is 15.0. The van der Waals surface area contributed by atoms with Crippen molar-refractivity contribution in [3.8, 4) is 0 Å². The lowest BCUT2D eigenvalue weighted by molar-refractivity contribution is -0.130. The summed E-state index contributed by atoms with van der Waals surface area (Å²) in [5.74, 6) is -0.660. The summed E-state index contributed by atoms with van der Waals surface area (Å²) < 4.78 is 34.7. The molecule has 0 radical (unpaired) electrons. The maximum atomic E-state index is 11.9. The van der Waals surface area contributed by atoms with E-state index in [4.69, 9.17) is 9.47 Å². The van der Waals surface area contributed by atoms with E-state index in [0.29, 0.717) is 6.61 Å². The van der Waals surface area contributed by atoms with Gasteiger partial charge in [-0.1, -0.05) is 17.7 Å². The molecule has 1 atom stereocenters. The Bertz CT molecular complexity index is 593. The molecule has 1 fully saturated rings. The van der Waals surface area contributed by atoms with Crippen LogP contribution in [0.2, 0.25) is 0 Å². The Morgan fingerprint density at radius 2 is 2.00 bits per heavy atom. The van der Waals surface area contributed by atoms with E-state index >= 15 is 0 Å². The average molecular weight is 298 g/mol. The van der Waals surface area contributed by atoms with Crippen LogP contribution in [-0.2, 0) is 19.5 Å². The highest BCUT2D eigenvalue weighted by molar-refractivity contribution is 7.89. The van der Waals surface area contributed by atoms with Crippen molar-refractivity contribution in [2.24, 2.45) is 5.10 Å². The molecule has 1 unspecified atom stereocenters. The summed E-state index contributed by atoms with van der Waals surface area (Å²) in [7, 11) is -3.64. The summed E-state index contributed by atoms with van der Waals surface area (Å²) >= 11 is 0. The van der Waals surface area contributed by atoms with Crippen LogP contribution in [0, 0.1) is 6.92 Å². The lowest BCUT2D eigenvalue weighted by Gasteiger charge is -2.15. The zero-order valence-corrected chi connectivity index (χ0v) is 12.5. The quantitative estimate of drug-likeness (QED) is 0.673. The molecule has 1 aromatic rings. The molecule has 1 aliphatic rings. The molecular formula is C13H18N2O4S. The van der Waals surface area contributed by atoms with Crippen molar-refractivity contribution in [3.05, 3.63) is 29.8 Å². The Kier molecular flexibility index (Phi) is 4.12. The average Bonchev–Trinajstić information content (AvgIpc) is 2.69. The van der Waals surface area contributed by atoms with Crippen LogP contribution in [0.15, 0.2) is 34.3 Å². The van der Waals surface area contributed by atoms with Crippen molar-refractivity contribution in [3.63, 3.8) is 0 Å². The van der Waals surface area contributed by atoms with Gasteiger partial charge in [0, 0.05) is 0 Å². The molecule has 7 heteroatoms. The molecule has 0 amide bonds. The fourth-order valence-corrected chi connectivity index (χ4v) is 2.54. The first-order valence-electron chi connectivity index (χ1n) is 6.22. The molecule has 1 saturated heterocycles. The second-order valence-electron chi connectivity index (χ2n) is 5.05. The number of aryl methyl sites for hydroxylation is 1. The Morgan fingerprint density at radius 1 is 1.35 bits per heavy atom. The van der Waals surface area contributed by atoms with E-state index in [-0.39, 0.29) is 11.0 Å². The normalized spacial score (nSPS) is 22.2. The van der Waals surface area contributed by atoms with Crippen LogP contribution in [0.3, 0.4) is 0 Å². The number of sulfonamides is 1. The fraction of sp³-hybridized carbons (Fsp3) is 0.462. The summed E-state index contributed by atoms with van der Waals surface area (Å²) in [5, 5.41) is 3.72. The lowest BCUT2D eigenvalue weighted by atomic mass is 10.2. The summed E-state index contributed by atoms with van der Waals surface area (Å²) in [6.07, 6.45) is 1.03. The van der Waals surface area contributed by atoms with Crippen LogP contribution in [0.4, 0.5) is 0 Å². The highest BCUT2D eigenvalue weighted by Gasteiger charge is 2.31. The van der Waals surface area contributed by atoms with Gasteiger partial charge in [0.2, 0.25) is 0 Å². The SMILES string of the molecule is Cc1ccc(S(=O)(=O)N/N=C/C2COC(C)(C)O2)cc1. The van der Waals surface area contributed by atoms with Crippen LogP contribution < -0.4 is 4.83 Å². The van der Waals surface area contributed by atoms with Crippen LogP contribution in [0.1, 0.15) is 19.4 Å². The Morgan fingerprint density at radius 3 is 2.55 bits per heavy atom. The van der Waals surface area contributed by atoms with E-state index in [1.54, 1.807) is 26.0 Å². The van der Waals surface area contributed by atoms with Crippen molar-refractivity contribution >= 4 is 16.2 Å². The smallest absolute Gasteiger partial charge is 0.276 e. The summed E-state index contributed by atoms with van der Waals surface area (Å²) in [4.78, 5) is 2.33. The highest BCUT2D eigenvalue weighted by Crippen LogP contribution is 2.21. The molecule has 0 aromatic heterocycles. The standard InChI is InChI=1S/C13H18N2O4S/c1-10-4-6-12(7-5-10)20(16,17)15-14-8-11-9-18-13(2,3)19-11/h4-8,11,15H,9H2,1-3H3/b14-8+. The van der Waals surface area contributed by atoms with E-state index in [1.165, 1.54) is 18.3 Å². The first-order valence-corrected chi connectivity index (χ1v) is 7.70. The molecule has 1 N–H and O–H groups in total. The fourth-order valence-electron chi connectivity index (χ4n) is 1.74. The van der Waals surface area contributed by atoms with Crippen LogP contribution in [-0.4, -0.2) is 33.1 Å². The predicted octanol–water partition coefficient (Wildman–Crippen LogP) is 1.41. The van der Waals surface area contributed by atoms with Gasteiger partial charge in [-0.15, -0.1) is 0 Å². The van der Waals surface area contributed by atoms with Crippen LogP contribution in [0.25, 0.3) is 0 Å². The van der Waals surface area contributed by atoms with Gasteiger partial charge in [-0.3, -0.25) is 0 Å². The van der Waals surface area contributed by atoms with Gasteiger partial charge in [-0.05, 0) is 32.9 Å². The third-order valence-electron chi connectivity index (χ3n) is 2.78. The summed E-state index contributed by atoms with van der Waals surface area (Å²) in [5.41, 5.74) is 0.992. The van der Waals surface area contributed by atoms with Gasteiger partial charge in [0.05, 0.1) is 17.7 Å². The third-order valence-corrected chi connectivity index (χ3v) is 4.01. The predicted molar refractivity (Wildman–Crippen MR) is 74.9 cm³/mol. The number of benzene rings is 1. The van der Waals surface area contributed by atoms with E-state index in [1.807, 2.05) is 6.92 Å². The van der Waals surface area contributed by atoms with Crippen molar-refractivity contribution in [1.29, 1.82) is 0 Å². The maximum Gasteiger partial charge on any atom is 0.276 e. The number of hydrogen-bond donors (Lipinski definition) is 1. The minimum absolute atomic E-state index is 0.171. The number of nitrogens with one attached hydrogen (secondary N) is 1. The van der Waals surface area contributed by atoms with Crippen LogP contribution in [0.5, 0.6) is 0 Å². The molecule has 1 aliphatic heterocycles. The van der Waals surface area contributed by atoms with Crippen molar-refractivity contribution < 1.29 is 17.9 Å². The minimum Gasteiger partial charge on any atom is -0.347 e. The molecule has 2 rings (SSSR count). The lowest BCUT2D eigenvalue weighted by Crippen LogP contribution is -2.23. The third kappa shape index (κ3) is 3.78. The molecule has 110 valence electrons. The largest absolute Gasteiger partial charge is 0.347 e. The molecule has 1 aromatic carbocycles. The van der Waals surface area contributed by atoms with E-state index < -0.39 is 15.8 Å². The zero-order valence-electron chi connectivity index (χ0n) is 11.7. The van der Waals surface area contributed by atoms with Crippen molar-refractivity contribution in [2.75, 3.05) is 6.61 Å². The van der Waals surface area contributed by atoms with Gasteiger partial charge >= 0.3 is 0 Å².